The number of aromatic amines is 1. The first-order valence-corrected chi connectivity index (χ1v) is 18.1. The third-order valence-electron chi connectivity index (χ3n) is 9.86. The van der Waals surface area contributed by atoms with Gasteiger partial charge in [-0.2, -0.15) is 14.0 Å². The highest BCUT2D eigenvalue weighted by molar-refractivity contribution is 7.52. The molecule has 0 spiro atoms. The molecular weight excluding hydrogens is 667 g/mol. The Morgan fingerprint density at radius 2 is 1.88 bits per heavy atom. The van der Waals surface area contributed by atoms with Crippen molar-refractivity contribution in [1.82, 2.24) is 20.1 Å². The van der Waals surface area contributed by atoms with Gasteiger partial charge in [-0.15, -0.1) is 11.3 Å². The quantitative estimate of drug-likeness (QED) is 0.279. The molecule has 1 aromatic carbocycles. The SMILES string of the molecule is CC1CCC[C@H](NC(=O)c2cc3cc(C(F)(F)P(=O)(O)O)ccc3s2)C(=O)N2[C@@H]1CC[C@H]2C(=O)N1C[C@H](c2cc[nH]c(=O)c2)[C@@H](C#N)C1. The molecule has 0 saturated carbocycles. The van der Waals surface area contributed by atoms with Crippen molar-refractivity contribution in [1.29, 1.82) is 5.26 Å². The predicted octanol–water partition coefficient (Wildman–Crippen LogP) is 3.86. The minimum absolute atomic E-state index is 0.112. The molecule has 0 aliphatic carbocycles. The van der Waals surface area contributed by atoms with Crippen LogP contribution in [0.25, 0.3) is 10.1 Å². The summed E-state index contributed by atoms with van der Waals surface area (Å²) in [6.07, 6.45) is 4.30. The van der Waals surface area contributed by atoms with Gasteiger partial charge in [0.1, 0.15) is 12.1 Å². The van der Waals surface area contributed by atoms with E-state index >= 15 is 0 Å². The molecule has 3 aliphatic heterocycles. The summed E-state index contributed by atoms with van der Waals surface area (Å²) >= 11 is 0.990. The number of H-pyrrole nitrogens is 1. The summed E-state index contributed by atoms with van der Waals surface area (Å²) in [5.74, 6) is -2.04. The lowest BCUT2D eigenvalue weighted by Crippen LogP contribution is -2.57. The first-order chi connectivity index (χ1) is 22.7. The van der Waals surface area contributed by atoms with Crippen LogP contribution in [0.5, 0.6) is 0 Å². The molecule has 0 radical (unpaired) electrons. The Morgan fingerprint density at radius 3 is 2.58 bits per heavy atom. The smallest absolute Gasteiger partial charge is 0.340 e. The third kappa shape index (κ3) is 6.18. The lowest BCUT2D eigenvalue weighted by molar-refractivity contribution is -0.147. The maximum absolute atomic E-state index is 14.3. The van der Waals surface area contributed by atoms with Crippen molar-refractivity contribution in [3.8, 4) is 6.07 Å². The minimum Gasteiger partial charge on any atom is -0.340 e. The van der Waals surface area contributed by atoms with Gasteiger partial charge in [0.2, 0.25) is 17.4 Å². The molecule has 12 nitrogen and oxygen atoms in total. The molecular formula is C32H34F2N5O7PS. The highest BCUT2D eigenvalue weighted by atomic mass is 32.1. The van der Waals surface area contributed by atoms with E-state index in [-0.39, 0.29) is 58.6 Å². The second-order valence-electron chi connectivity index (χ2n) is 12.9. The van der Waals surface area contributed by atoms with Crippen molar-refractivity contribution < 1.29 is 37.5 Å². The first kappa shape index (κ1) is 33.9. The molecule has 1 unspecified atom stereocenters. The Morgan fingerprint density at radius 1 is 1.10 bits per heavy atom. The summed E-state index contributed by atoms with van der Waals surface area (Å²) in [6, 6.07) is 7.91. The van der Waals surface area contributed by atoms with Crippen molar-refractivity contribution in [2.75, 3.05) is 13.1 Å². The van der Waals surface area contributed by atoms with E-state index in [9.17, 15) is 37.8 Å². The molecule has 48 heavy (non-hydrogen) atoms. The van der Waals surface area contributed by atoms with Crippen molar-refractivity contribution >= 4 is 46.7 Å². The zero-order valence-corrected chi connectivity index (χ0v) is 27.6. The highest BCUT2D eigenvalue weighted by Gasteiger charge is 2.51. The monoisotopic (exact) mass is 701 g/mol. The van der Waals surface area contributed by atoms with Crippen LogP contribution in [-0.4, -0.2) is 73.5 Å². The maximum Gasteiger partial charge on any atom is 0.399 e. The summed E-state index contributed by atoms with van der Waals surface area (Å²) in [5.41, 5.74) is -4.92. The fraction of sp³-hybridized carbons (Fsp3) is 0.469. The van der Waals surface area contributed by atoms with Crippen LogP contribution >= 0.6 is 18.9 Å². The second-order valence-corrected chi connectivity index (χ2v) is 15.6. The maximum atomic E-state index is 14.3. The number of rotatable bonds is 6. The Kier molecular flexibility index (Phi) is 9.06. The molecule has 6 rings (SSSR count). The number of carbonyl (C=O) groups excluding carboxylic acids is 3. The van der Waals surface area contributed by atoms with E-state index in [1.807, 2.05) is 6.92 Å². The number of amides is 3. The molecule has 0 bridgehead atoms. The van der Waals surface area contributed by atoms with Crippen LogP contribution < -0.4 is 10.9 Å². The molecule has 3 aromatic rings. The molecule has 3 fully saturated rings. The fourth-order valence-corrected chi connectivity index (χ4v) is 8.75. The number of aromatic nitrogens is 1. The summed E-state index contributed by atoms with van der Waals surface area (Å²) in [5, 5.41) is 12.9. The summed E-state index contributed by atoms with van der Waals surface area (Å²) in [6.45, 7) is 2.44. The summed E-state index contributed by atoms with van der Waals surface area (Å²) in [7, 11) is -5.78. The number of likely N-dealkylation sites (tertiary alicyclic amines) is 1. The number of nitrogens with one attached hydrogen (secondary N) is 2. The van der Waals surface area contributed by atoms with Gasteiger partial charge in [-0.1, -0.05) is 19.4 Å². The van der Waals surface area contributed by atoms with Gasteiger partial charge in [0.25, 0.3) is 5.91 Å². The number of hydrogen-bond acceptors (Lipinski definition) is 7. The van der Waals surface area contributed by atoms with Crippen LogP contribution in [-0.2, 0) is 19.8 Å². The molecule has 3 aliphatic rings. The van der Waals surface area contributed by atoms with E-state index in [1.54, 1.807) is 15.9 Å². The highest BCUT2D eigenvalue weighted by Crippen LogP contribution is 2.59. The number of thiophene rings is 1. The number of hydrogen-bond donors (Lipinski definition) is 4. The lowest BCUT2D eigenvalue weighted by atomic mass is 9.90. The standard InChI is InChI=1S/C32H34F2N5O7PS/c1-17-3-2-4-23(37-29(41)27-12-19-11-21(5-8-26(19)48-27)32(33,34)47(44,45)46)30(42)39-24(17)6-7-25(39)31(43)38-15-20(14-35)22(16-38)18-9-10-36-28(40)13-18/h5,8-13,17,20,22-25H,2-4,6-7,15-16H2,1H3,(H,36,40)(H,37,41)(H2,44,45,46)/t17?,20-,22+,23-,24+,25-/m0/s1. The van der Waals surface area contributed by atoms with Gasteiger partial charge < -0.3 is 29.9 Å². The molecule has 2 aromatic heterocycles. The predicted molar refractivity (Wildman–Crippen MR) is 171 cm³/mol. The number of carbonyl (C=O) groups is 3. The number of fused-ring (bicyclic) bond motifs is 2. The van der Waals surface area contributed by atoms with Gasteiger partial charge in [-0.05, 0) is 66.8 Å². The van der Waals surface area contributed by atoms with Crippen molar-refractivity contribution in [3.63, 3.8) is 0 Å². The molecule has 3 saturated heterocycles. The van der Waals surface area contributed by atoms with E-state index in [0.717, 1.165) is 29.9 Å². The van der Waals surface area contributed by atoms with Crippen LogP contribution in [0.15, 0.2) is 47.4 Å². The van der Waals surface area contributed by atoms with Gasteiger partial charge in [0, 0.05) is 47.6 Å². The Balaban J connectivity index is 1.21. The summed E-state index contributed by atoms with van der Waals surface area (Å²) < 4.78 is 40.4. The Hall–Kier alpha value is -3.96. The Labute approximate surface area is 277 Å². The summed E-state index contributed by atoms with van der Waals surface area (Å²) in [4.78, 5) is 77.7. The van der Waals surface area contributed by atoms with Gasteiger partial charge in [-0.3, -0.25) is 23.7 Å². The van der Waals surface area contributed by atoms with E-state index < -0.39 is 42.7 Å². The van der Waals surface area contributed by atoms with E-state index in [2.05, 4.69) is 16.4 Å². The number of pyridine rings is 1. The van der Waals surface area contributed by atoms with Gasteiger partial charge in [-0.25, -0.2) is 0 Å². The van der Waals surface area contributed by atoms with E-state index in [0.29, 0.717) is 35.9 Å². The number of halogens is 2. The van der Waals surface area contributed by atoms with Crippen LogP contribution in [0.1, 0.15) is 65.7 Å². The zero-order valence-electron chi connectivity index (χ0n) is 25.8. The largest absolute Gasteiger partial charge is 0.399 e. The molecule has 16 heteroatoms. The van der Waals surface area contributed by atoms with Gasteiger partial charge in [0.15, 0.2) is 0 Å². The molecule has 6 atom stereocenters. The third-order valence-corrected chi connectivity index (χ3v) is 12.0. The van der Waals surface area contributed by atoms with Gasteiger partial charge >= 0.3 is 13.3 Å². The average molecular weight is 702 g/mol. The Bertz CT molecular complexity index is 1920. The van der Waals surface area contributed by atoms with Crippen LogP contribution in [0.2, 0.25) is 0 Å². The van der Waals surface area contributed by atoms with E-state index in [1.165, 1.54) is 24.4 Å². The molecule has 5 heterocycles. The lowest BCUT2D eigenvalue weighted by Gasteiger charge is -2.39. The first-order valence-electron chi connectivity index (χ1n) is 15.7. The van der Waals surface area contributed by atoms with Crippen molar-refractivity contribution in [3.05, 3.63) is 69.0 Å². The molecule has 3 amide bonds. The van der Waals surface area contributed by atoms with Crippen LogP contribution in [0, 0.1) is 23.2 Å². The number of benzene rings is 1. The minimum atomic E-state index is -5.78. The second kappa shape index (κ2) is 12.8. The number of alkyl halides is 2. The zero-order chi connectivity index (χ0) is 34.5. The van der Waals surface area contributed by atoms with Crippen LogP contribution in [0.4, 0.5) is 8.78 Å². The average Bonchev–Trinajstić information content (AvgIpc) is 3.79. The van der Waals surface area contributed by atoms with Crippen molar-refractivity contribution in [2.24, 2.45) is 11.8 Å². The molecule has 4 N–H and O–H groups in total. The van der Waals surface area contributed by atoms with Crippen molar-refractivity contribution in [2.45, 2.75) is 68.7 Å². The number of nitriles is 1. The molecule has 254 valence electrons. The van der Waals surface area contributed by atoms with E-state index in [4.69, 9.17) is 9.79 Å². The fourth-order valence-electron chi connectivity index (χ4n) is 7.32. The number of nitrogens with zero attached hydrogens (tertiary/aromatic N) is 3. The topological polar surface area (TPSA) is 184 Å². The van der Waals surface area contributed by atoms with Gasteiger partial charge in [0.05, 0.1) is 16.9 Å². The normalized spacial score (nSPS) is 26.5. The van der Waals surface area contributed by atoms with Crippen LogP contribution in [0.3, 0.4) is 0 Å².